The smallest absolute Gasteiger partial charge is 0.256 e. The lowest BCUT2D eigenvalue weighted by atomic mass is 10.2. The van der Waals surface area contributed by atoms with Gasteiger partial charge in [0.1, 0.15) is 0 Å². The van der Waals surface area contributed by atoms with Crippen molar-refractivity contribution in [3.8, 4) is 0 Å². The molecule has 1 N–H and O–H groups in total. The molecular weight excluding hydrogens is 246 g/mol. The molecule has 16 heavy (non-hydrogen) atoms. The van der Waals surface area contributed by atoms with Crippen LogP contribution in [0.2, 0.25) is 5.22 Å². The molecule has 0 radical (unpaired) electrons. The fourth-order valence-electron chi connectivity index (χ4n) is 2.00. The molecule has 0 bridgehead atoms. The van der Waals surface area contributed by atoms with E-state index in [1.54, 1.807) is 6.07 Å². The zero-order chi connectivity index (χ0) is 11.5. The third kappa shape index (κ3) is 2.55. The fraction of sp³-hybridized carbons (Fsp3) is 0.545. The van der Waals surface area contributed by atoms with Crippen LogP contribution >= 0.6 is 23.4 Å². The van der Waals surface area contributed by atoms with Crippen molar-refractivity contribution in [1.29, 1.82) is 0 Å². The van der Waals surface area contributed by atoms with Gasteiger partial charge in [0.25, 0.3) is 5.91 Å². The van der Waals surface area contributed by atoms with E-state index in [1.807, 2.05) is 11.8 Å². The van der Waals surface area contributed by atoms with E-state index in [0.717, 1.165) is 12.8 Å². The number of carbonyl (C=O) groups is 1. The normalized spacial score (nSPS) is 24.6. The van der Waals surface area contributed by atoms with Crippen molar-refractivity contribution in [2.45, 2.75) is 30.6 Å². The van der Waals surface area contributed by atoms with E-state index in [2.05, 4.69) is 11.6 Å². The van der Waals surface area contributed by atoms with Gasteiger partial charge in [-0.2, -0.15) is 11.8 Å². The summed E-state index contributed by atoms with van der Waals surface area (Å²) >= 11 is 7.61. The number of halogens is 1. The molecule has 1 aliphatic carbocycles. The molecule has 0 saturated heterocycles. The largest absolute Gasteiger partial charge is 0.452 e. The Morgan fingerprint density at radius 1 is 1.62 bits per heavy atom. The van der Waals surface area contributed by atoms with Gasteiger partial charge >= 0.3 is 0 Å². The van der Waals surface area contributed by atoms with Crippen molar-refractivity contribution in [3.05, 3.63) is 23.1 Å². The van der Waals surface area contributed by atoms with Crippen LogP contribution in [0.4, 0.5) is 0 Å². The van der Waals surface area contributed by atoms with E-state index >= 15 is 0 Å². The molecule has 2 rings (SSSR count). The van der Waals surface area contributed by atoms with E-state index in [0.29, 0.717) is 10.8 Å². The van der Waals surface area contributed by atoms with Crippen LogP contribution < -0.4 is 5.32 Å². The molecule has 88 valence electrons. The molecule has 0 spiro atoms. The third-order valence-electron chi connectivity index (χ3n) is 2.92. The van der Waals surface area contributed by atoms with Crippen LogP contribution in [0.15, 0.2) is 16.7 Å². The maximum Gasteiger partial charge on any atom is 0.256 e. The van der Waals surface area contributed by atoms with Crippen LogP contribution in [-0.2, 0) is 0 Å². The summed E-state index contributed by atoms with van der Waals surface area (Å²) in [5.74, 6) is -0.134. The van der Waals surface area contributed by atoms with E-state index in [1.165, 1.54) is 12.7 Å². The summed E-state index contributed by atoms with van der Waals surface area (Å²) in [5, 5.41) is 3.82. The van der Waals surface area contributed by atoms with Gasteiger partial charge in [-0.1, -0.05) is 0 Å². The first-order valence-corrected chi connectivity index (χ1v) is 6.94. The molecule has 2 unspecified atom stereocenters. The van der Waals surface area contributed by atoms with Crippen molar-refractivity contribution >= 4 is 29.3 Å². The van der Waals surface area contributed by atoms with Gasteiger partial charge in [0.2, 0.25) is 5.22 Å². The van der Waals surface area contributed by atoms with Crippen molar-refractivity contribution < 1.29 is 9.21 Å². The first kappa shape index (κ1) is 11.9. The molecule has 3 nitrogen and oxygen atoms in total. The maximum absolute atomic E-state index is 11.8. The van der Waals surface area contributed by atoms with Crippen LogP contribution in [0.3, 0.4) is 0 Å². The summed E-state index contributed by atoms with van der Waals surface area (Å²) in [6.07, 6.45) is 6.80. The molecule has 1 fully saturated rings. The molecular formula is C11H14ClNO2S. The van der Waals surface area contributed by atoms with Crippen LogP contribution in [0, 0.1) is 0 Å². The highest BCUT2D eigenvalue weighted by molar-refractivity contribution is 7.99. The maximum atomic E-state index is 11.8. The van der Waals surface area contributed by atoms with Crippen molar-refractivity contribution in [3.63, 3.8) is 0 Å². The minimum Gasteiger partial charge on any atom is -0.452 e. The Morgan fingerprint density at radius 2 is 2.44 bits per heavy atom. The summed E-state index contributed by atoms with van der Waals surface area (Å²) < 4.78 is 4.89. The summed E-state index contributed by atoms with van der Waals surface area (Å²) in [4.78, 5) is 11.8. The molecule has 1 amide bonds. The second-order valence-corrected chi connectivity index (χ2v) is 5.43. The molecule has 1 aromatic rings. The SMILES string of the molecule is CSC1CCC(NC(=O)c2ccoc2Cl)C1. The van der Waals surface area contributed by atoms with E-state index in [9.17, 15) is 4.79 Å². The minimum absolute atomic E-state index is 0.134. The molecule has 1 aliphatic rings. The second-order valence-electron chi connectivity index (χ2n) is 3.95. The van der Waals surface area contributed by atoms with Crippen LogP contribution in [0.1, 0.15) is 29.6 Å². The van der Waals surface area contributed by atoms with Gasteiger partial charge in [-0.25, -0.2) is 0 Å². The number of hydrogen-bond donors (Lipinski definition) is 1. The van der Waals surface area contributed by atoms with E-state index in [-0.39, 0.29) is 17.2 Å². The second kappa shape index (κ2) is 5.15. The minimum atomic E-state index is -0.134. The number of nitrogens with one attached hydrogen (secondary N) is 1. The van der Waals surface area contributed by atoms with Gasteiger partial charge in [0, 0.05) is 11.3 Å². The number of rotatable bonds is 3. The van der Waals surface area contributed by atoms with E-state index < -0.39 is 0 Å². The molecule has 1 saturated carbocycles. The zero-order valence-corrected chi connectivity index (χ0v) is 10.6. The average Bonchev–Trinajstić information content (AvgIpc) is 2.86. The average molecular weight is 260 g/mol. The topological polar surface area (TPSA) is 42.2 Å². The molecule has 2 atom stereocenters. The monoisotopic (exact) mass is 259 g/mol. The summed E-state index contributed by atoms with van der Waals surface area (Å²) in [6, 6.07) is 1.87. The lowest BCUT2D eigenvalue weighted by Gasteiger charge is -2.11. The lowest BCUT2D eigenvalue weighted by molar-refractivity contribution is 0.0937. The number of furan rings is 1. The Balaban J connectivity index is 1.91. The molecule has 0 aromatic carbocycles. The van der Waals surface area contributed by atoms with Crippen molar-refractivity contribution in [2.75, 3.05) is 6.26 Å². The van der Waals surface area contributed by atoms with Gasteiger partial charge in [0.05, 0.1) is 11.8 Å². The highest BCUT2D eigenvalue weighted by Gasteiger charge is 2.26. The Bertz CT molecular complexity index is 380. The highest BCUT2D eigenvalue weighted by atomic mass is 35.5. The quantitative estimate of drug-likeness (QED) is 0.908. The fourth-order valence-corrected chi connectivity index (χ4v) is 3.00. The molecule has 1 heterocycles. The predicted octanol–water partition coefficient (Wildman–Crippen LogP) is 2.95. The standard InChI is InChI=1S/C11H14ClNO2S/c1-16-8-3-2-7(6-8)13-11(14)9-4-5-15-10(9)12/h4-5,7-8H,2-3,6H2,1H3,(H,13,14). The predicted molar refractivity (Wildman–Crippen MR) is 66.1 cm³/mol. The van der Waals surface area contributed by atoms with Crippen LogP contribution in [0.25, 0.3) is 0 Å². The van der Waals surface area contributed by atoms with Gasteiger partial charge in [0.15, 0.2) is 0 Å². The summed E-state index contributed by atoms with van der Waals surface area (Å²) in [5.41, 5.74) is 0.425. The Kier molecular flexibility index (Phi) is 3.82. The number of thioether (sulfide) groups is 1. The van der Waals surface area contributed by atoms with Crippen molar-refractivity contribution in [1.82, 2.24) is 5.32 Å². The third-order valence-corrected chi connectivity index (χ3v) is 4.30. The lowest BCUT2D eigenvalue weighted by Crippen LogP contribution is -2.33. The van der Waals surface area contributed by atoms with Gasteiger partial charge in [-0.3, -0.25) is 4.79 Å². The molecule has 1 aromatic heterocycles. The van der Waals surface area contributed by atoms with Crippen LogP contribution in [-0.4, -0.2) is 23.5 Å². The Hall–Kier alpha value is -0.610. The first-order valence-electron chi connectivity index (χ1n) is 5.27. The van der Waals surface area contributed by atoms with Crippen molar-refractivity contribution in [2.24, 2.45) is 0 Å². The summed E-state index contributed by atoms with van der Waals surface area (Å²) in [7, 11) is 0. The summed E-state index contributed by atoms with van der Waals surface area (Å²) in [6.45, 7) is 0. The molecule has 0 aliphatic heterocycles. The Labute approximate surface area is 104 Å². The number of hydrogen-bond acceptors (Lipinski definition) is 3. The van der Waals surface area contributed by atoms with E-state index in [4.69, 9.17) is 16.0 Å². The van der Waals surface area contributed by atoms with Crippen LogP contribution in [0.5, 0.6) is 0 Å². The zero-order valence-electron chi connectivity index (χ0n) is 9.03. The van der Waals surface area contributed by atoms with Gasteiger partial charge in [-0.15, -0.1) is 0 Å². The van der Waals surface area contributed by atoms with Gasteiger partial charge < -0.3 is 9.73 Å². The Morgan fingerprint density at radius 3 is 3.00 bits per heavy atom. The number of carbonyl (C=O) groups excluding carboxylic acids is 1. The first-order chi connectivity index (χ1) is 7.70. The van der Waals surface area contributed by atoms with Gasteiger partial charge in [-0.05, 0) is 43.2 Å². The molecule has 5 heteroatoms. The number of amides is 1. The highest BCUT2D eigenvalue weighted by Crippen LogP contribution is 2.28.